The second-order valence-electron chi connectivity index (χ2n) is 4.73. The molecule has 1 aliphatic rings. The molecule has 0 heterocycles. The van der Waals surface area contributed by atoms with Gasteiger partial charge in [0.05, 0.1) is 0 Å². The van der Waals surface area contributed by atoms with Gasteiger partial charge in [-0.2, -0.15) is 0 Å². The van der Waals surface area contributed by atoms with E-state index in [0.717, 1.165) is 22.3 Å². The fourth-order valence-corrected chi connectivity index (χ4v) is 2.75. The Kier molecular flexibility index (Phi) is 2.41. The van der Waals surface area contributed by atoms with Crippen LogP contribution in [0.25, 0.3) is 0 Å². The molecule has 0 unspecified atom stereocenters. The Bertz CT molecular complexity index is 638. The molecule has 2 aromatic rings. The van der Waals surface area contributed by atoms with Gasteiger partial charge < -0.3 is 0 Å². The van der Waals surface area contributed by atoms with E-state index in [1.807, 2.05) is 30.3 Å². The van der Waals surface area contributed by atoms with Crippen molar-refractivity contribution >= 4 is 5.78 Å². The van der Waals surface area contributed by atoms with Crippen LogP contribution in [0.1, 0.15) is 33.0 Å². The number of allylic oxidation sites excluding steroid dienone is 1. The predicted molar refractivity (Wildman–Crippen MR) is 72.9 cm³/mol. The van der Waals surface area contributed by atoms with Crippen LogP contribution < -0.4 is 0 Å². The standard InChI is InChI=1S/C17H14O/c1-11-7-6-10-14-15(11)16(12(2)17(14)18)13-8-4-3-5-9-13/h3-10,16H,2H2,1H3/t16-/m0/s1. The number of rotatable bonds is 1. The summed E-state index contributed by atoms with van der Waals surface area (Å²) in [5, 5.41) is 0. The van der Waals surface area contributed by atoms with Crippen LogP contribution in [0.15, 0.2) is 60.7 Å². The summed E-state index contributed by atoms with van der Waals surface area (Å²) < 4.78 is 0. The van der Waals surface area contributed by atoms with Gasteiger partial charge in [0.25, 0.3) is 0 Å². The van der Waals surface area contributed by atoms with Gasteiger partial charge in [-0.25, -0.2) is 0 Å². The summed E-state index contributed by atoms with van der Waals surface area (Å²) in [6, 6.07) is 16.0. The Labute approximate surface area is 107 Å². The van der Waals surface area contributed by atoms with E-state index in [-0.39, 0.29) is 11.7 Å². The monoisotopic (exact) mass is 234 g/mol. The van der Waals surface area contributed by atoms with Crippen molar-refractivity contribution in [1.82, 2.24) is 0 Å². The molecule has 1 nitrogen and oxygen atoms in total. The van der Waals surface area contributed by atoms with Gasteiger partial charge in [-0.05, 0) is 23.6 Å². The van der Waals surface area contributed by atoms with Crippen LogP contribution in [-0.2, 0) is 0 Å². The highest BCUT2D eigenvalue weighted by Gasteiger charge is 2.34. The Morgan fingerprint density at radius 1 is 1.00 bits per heavy atom. The summed E-state index contributed by atoms with van der Waals surface area (Å²) in [6.07, 6.45) is 0. The second-order valence-corrected chi connectivity index (χ2v) is 4.73. The molecule has 0 radical (unpaired) electrons. The van der Waals surface area contributed by atoms with Crippen molar-refractivity contribution in [3.63, 3.8) is 0 Å². The van der Waals surface area contributed by atoms with Crippen LogP contribution in [0.3, 0.4) is 0 Å². The molecule has 1 atom stereocenters. The maximum atomic E-state index is 12.2. The maximum absolute atomic E-state index is 12.2. The smallest absolute Gasteiger partial charge is 0.189 e. The number of Topliss-reactive ketones (excluding diaryl/α,β-unsaturated/α-hetero) is 1. The molecule has 0 saturated carbocycles. The van der Waals surface area contributed by atoms with E-state index in [0.29, 0.717) is 5.57 Å². The van der Waals surface area contributed by atoms with Gasteiger partial charge in [0.1, 0.15) is 0 Å². The van der Waals surface area contributed by atoms with E-state index in [4.69, 9.17) is 0 Å². The first-order valence-corrected chi connectivity index (χ1v) is 6.08. The number of aryl methyl sites for hydroxylation is 1. The summed E-state index contributed by atoms with van der Waals surface area (Å²) in [7, 11) is 0. The first kappa shape index (κ1) is 11.0. The average molecular weight is 234 g/mol. The first-order chi connectivity index (χ1) is 8.70. The largest absolute Gasteiger partial charge is 0.289 e. The minimum Gasteiger partial charge on any atom is -0.289 e. The van der Waals surface area contributed by atoms with Gasteiger partial charge >= 0.3 is 0 Å². The molecule has 0 amide bonds. The Morgan fingerprint density at radius 2 is 1.72 bits per heavy atom. The van der Waals surface area contributed by atoms with Gasteiger partial charge in [-0.15, -0.1) is 0 Å². The zero-order valence-electron chi connectivity index (χ0n) is 10.3. The molecule has 2 aromatic carbocycles. The van der Waals surface area contributed by atoms with Gasteiger partial charge in [0, 0.05) is 17.1 Å². The third-order valence-corrected chi connectivity index (χ3v) is 3.63. The van der Waals surface area contributed by atoms with Crippen LogP contribution >= 0.6 is 0 Å². The number of fused-ring (bicyclic) bond motifs is 1. The van der Waals surface area contributed by atoms with Gasteiger partial charge in [-0.1, -0.05) is 55.1 Å². The molecule has 0 aliphatic heterocycles. The van der Waals surface area contributed by atoms with E-state index in [9.17, 15) is 4.79 Å². The highest BCUT2D eigenvalue weighted by Crippen LogP contribution is 2.42. The van der Waals surface area contributed by atoms with Crippen molar-refractivity contribution in [3.8, 4) is 0 Å². The van der Waals surface area contributed by atoms with Crippen molar-refractivity contribution in [2.75, 3.05) is 0 Å². The summed E-state index contributed by atoms with van der Waals surface area (Å²) in [4.78, 5) is 12.2. The number of carbonyl (C=O) groups is 1. The molecular weight excluding hydrogens is 220 g/mol. The normalized spacial score (nSPS) is 17.9. The Balaban J connectivity index is 2.25. The molecule has 1 heteroatoms. The Morgan fingerprint density at radius 3 is 2.44 bits per heavy atom. The van der Waals surface area contributed by atoms with Crippen molar-refractivity contribution in [2.45, 2.75) is 12.8 Å². The number of hydrogen-bond acceptors (Lipinski definition) is 1. The third kappa shape index (κ3) is 1.44. The van der Waals surface area contributed by atoms with E-state index in [2.05, 4.69) is 31.7 Å². The lowest BCUT2D eigenvalue weighted by molar-refractivity contribution is 0.103. The summed E-state index contributed by atoms with van der Waals surface area (Å²) in [5.41, 5.74) is 4.93. The number of carbonyl (C=O) groups excluding carboxylic acids is 1. The minimum absolute atomic E-state index is 0.0231. The van der Waals surface area contributed by atoms with Crippen molar-refractivity contribution in [1.29, 1.82) is 0 Å². The highest BCUT2D eigenvalue weighted by atomic mass is 16.1. The van der Waals surface area contributed by atoms with Crippen molar-refractivity contribution < 1.29 is 4.79 Å². The Hall–Kier alpha value is -2.15. The zero-order valence-corrected chi connectivity index (χ0v) is 10.3. The molecule has 0 bridgehead atoms. The van der Waals surface area contributed by atoms with Crippen LogP contribution in [0, 0.1) is 6.92 Å². The van der Waals surface area contributed by atoms with Crippen LogP contribution in [0.4, 0.5) is 0 Å². The molecule has 0 spiro atoms. The van der Waals surface area contributed by atoms with Gasteiger partial charge in [0.15, 0.2) is 5.78 Å². The molecule has 0 aromatic heterocycles. The van der Waals surface area contributed by atoms with Crippen LogP contribution in [0.2, 0.25) is 0 Å². The molecule has 1 aliphatic carbocycles. The predicted octanol–water partition coefficient (Wildman–Crippen LogP) is 3.88. The van der Waals surface area contributed by atoms with Crippen LogP contribution in [-0.4, -0.2) is 5.78 Å². The number of hydrogen-bond donors (Lipinski definition) is 0. The quantitative estimate of drug-likeness (QED) is 0.684. The van der Waals surface area contributed by atoms with Crippen molar-refractivity contribution in [2.24, 2.45) is 0 Å². The molecule has 0 saturated heterocycles. The molecular formula is C17H14O. The van der Waals surface area contributed by atoms with E-state index in [1.165, 1.54) is 0 Å². The fraction of sp³-hybridized carbons (Fsp3) is 0.118. The lowest BCUT2D eigenvalue weighted by Gasteiger charge is -2.14. The molecule has 0 N–H and O–H groups in total. The second kappa shape index (κ2) is 3.95. The van der Waals surface area contributed by atoms with E-state index < -0.39 is 0 Å². The topological polar surface area (TPSA) is 17.1 Å². The number of benzene rings is 2. The third-order valence-electron chi connectivity index (χ3n) is 3.63. The van der Waals surface area contributed by atoms with E-state index >= 15 is 0 Å². The number of ketones is 1. The molecule has 88 valence electrons. The van der Waals surface area contributed by atoms with Crippen LogP contribution in [0.5, 0.6) is 0 Å². The van der Waals surface area contributed by atoms with Gasteiger partial charge in [-0.3, -0.25) is 4.79 Å². The highest BCUT2D eigenvalue weighted by molar-refractivity contribution is 6.14. The fourth-order valence-electron chi connectivity index (χ4n) is 2.75. The molecule has 18 heavy (non-hydrogen) atoms. The summed E-state index contributed by atoms with van der Waals surface area (Å²) >= 11 is 0. The lowest BCUT2D eigenvalue weighted by atomic mass is 9.88. The minimum atomic E-state index is 0.0231. The first-order valence-electron chi connectivity index (χ1n) is 6.08. The van der Waals surface area contributed by atoms with Crippen molar-refractivity contribution in [3.05, 3.63) is 82.9 Å². The summed E-state index contributed by atoms with van der Waals surface area (Å²) in [5.74, 6) is 0.109. The SMILES string of the molecule is C=C1C(=O)c2cccc(C)c2[C@@H]1c1ccccc1. The molecule has 0 fully saturated rings. The van der Waals surface area contributed by atoms with E-state index in [1.54, 1.807) is 0 Å². The zero-order chi connectivity index (χ0) is 12.7. The lowest BCUT2D eigenvalue weighted by Crippen LogP contribution is -2.01. The van der Waals surface area contributed by atoms with Gasteiger partial charge in [0.2, 0.25) is 0 Å². The summed E-state index contributed by atoms with van der Waals surface area (Å²) in [6.45, 7) is 6.06. The molecule has 3 rings (SSSR count). The maximum Gasteiger partial charge on any atom is 0.189 e. The average Bonchev–Trinajstić information content (AvgIpc) is 2.65.